The number of nitriles is 1. The Kier molecular flexibility index (Phi) is 5.22. The molecule has 2 heterocycles. The van der Waals surface area contributed by atoms with Crippen molar-refractivity contribution in [1.29, 1.82) is 5.26 Å². The van der Waals surface area contributed by atoms with E-state index in [1.807, 2.05) is 18.2 Å². The molecule has 8 rings (SSSR count). The average molecular weight is 535 g/mol. The highest BCUT2D eigenvalue weighted by atomic mass is 15.0. The van der Waals surface area contributed by atoms with E-state index in [1.165, 1.54) is 10.8 Å². The third-order valence-corrected chi connectivity index (χ3v) is 8.17. The molecule has 6 aromatic carbocycles. The third-order valence-electron chi connectivity index (χ3n) is 8.17. The van der Waals surface area contributed by atoms with Crippen LogP contribution in [0.4, 0.5) is 5.69 Å². The standard InChI is InChI=1S/C38H22N4/c1-40-26-19-20-28(25(23-26)24-39)37-36(42-32-16-8-5-13-29(32)30-14-6-9-17-33(30)42)22-21-35-38(37)31-15-7-10-18-34(31)41(35)27-11-3-2-4-12-27/h2-23H. The van der Waals surface area contributed by atoms with Crippen LogP contribution in [-0.4, -0.2) is 9.13 Å². The van der Waals surface area contributed by atoms with Crippen LogP contribution in [0.1, 0.15) is 5.56 Å². The Morgan fingerprint density at radius 1 is 0.571 bits per heavy atom. The zero-order valence-electron chi connectivity index (χ0n) is 22.5. The van der Waals surface area contributed by atoms with Gasteiger partial charge in [-0.1, -0.05) is 84.9 Å². The minimum atomic E-state index is 0.451. The largest absolute Gasteiger partial charge is 0.309 e. The molecule has 8 aromatic rings. The van der Waals surface area contributed by atoms with E-state index < -0.39 is 0 Å². The van der Waals surface area contributed by atoms with Crippen LogP contribution >= 0.6 is 0 Å². The molecular formula is C38H22N4. The highest BCUT2D eigenvalue weighted by Gasteiger charge is 2.23. The van der Waals surface area contributed by atoms with Crippen LogP contribution in [-0.2, 0) is 0 Å². The molecule has 4 heteroatoms. The first-order valence-corrected chi connectivity index (χ1v) is 13.8. The lowest BCUT2D eigenvalue weighted by Crippen LogP contribution is -2.00. The summed E-state index contributed by atoms with van der Waals surface area (Å²) in [4.78, 5) is 3.61. The molecule has 194 valence electrons. The van der Waals surface area contributed by atoms with E-state index in [-0.39, 0.29) is 0 Å². The number of benzene rings is 6. The molecule has 0 aliphatic carbocycles. The molecule has 0 unspecified atom stereocenters. The van der Waals surface area contributed by atoms with Crippen LogP contribution < -0.4 is 0 Å². The number of fused-ring (bicyclic) bond motifs is 6. The van der Waals surface area contributed by atoms with Crippen molar-refractivity contribution in [3.05, 3.63) is 150 Å². The van der Waals surface area contributed by atoms with Gasteiger partial charge in [-0.2, -0.15) is 5.26 Å². The van der Waals surface area contributed by atoms with Crippen LogP contribution in [0, 0.1) is 17.9 Å². The van der Waals surface area contributed by atoms with E-state index in [0.29, 0.717) is 11.3 Å². The molecular weight excluding hydrogens is 512 g/mol. The van der Waals surface area contributed by atoms with Crippen molar-refractivity contribution in [2.45, 2.75) is 0 Å². The fourth-order valence-electron chi connectivity index (χ4n) is 6.46. The Labute approximate surface area is 242 Å². The Hall–Kier alpha value is -6.10. The summed E-state index contributed by atoms with van der Waals surface area (Å²) in [5.41, 5.74) is 9.12. The fourth-order valence-corrected chi connectivity index (χ4v) is 6.46. The molecule has 0 saturated heterocycles. The lowest BCUT2D eigenvalue weighted by Gasteiger charge is -2.17. The first kappa shape index (κ1) is 23.8. The van der Waals surface area contributed by atoms with Gasteiger partial charge in [0.1, 0.15) is 0 Å². The normalized spacial score (nSPS) is 11.3. The van der Waals surface area contributed by atoms with Crippen LogP contribution in [0.2, 0.25) is 0 Å². The van der Waals surface area contributed by atoms with Gasteiger partial charge >= 0.3 is 0 Å². The molecule has 0 amide bonds. The summed E-state index contributed by atoms with van der Waals surface area (Å²) in [7, 11) is 0. The topological polar surface area (TPSA) is 38.0 Å². The van der Waals surface area contributed by atoms with E-state index >= 15 is 0 Å². The Morgan fingerprint density at radius 3 is 1.81 bits per heavy atom. The van der Waals surface area contributed by atoms with Crippen molar-refractivity contribution < 1.29 is 0 Å². The van der Waals surface area contributed by atoms with Gasteiger partial charge in [0.05, 0.1) is 40.4 Å². The van der Waals surface area contributed by atoms with Gasteiger partial charge < -0.3 is 9.13 Å². The summed E-state index contributed by atoms with van der Waals surface area (Å²) < 4.78 is 4.61. The lowest BCUT2D eigenvalue weighted by molar-refractivity contribution is 1.17. The second-order valence-corrected chi connectivity index (χ2v) is 10.4. The minimum Gasteiger partial charge on any atom is -0.309 e. The summed E-state index contributed by atoms with van der Waals surface area (Å²) in [5, 5.41) is 14.9. The molecule has 2 aromatic heterocycles. The highest BCUT2D eigenvalue weighted by molar-refractivity contribution is 6.19. The van der Waals surface area contributed by atoms with E-state index in [2.05, 4.69) is 129 Å². The second kappa shape index (κ2) is 9.24. The Morgan fingerprint density at radius 2 is 1.17 bits per heavy atom. The molecule has 0 fully saturated rings. The predicted octanol–water partition coefficient (Wildman–Crippen LogP) is 9.97. The van der Waals surface area contributed by atoms with E-state index in [1.54, 1.807) is 6.07 Å². The Bertz CT molecular complexity index is 2380. The fraction of sp³-hybridized carbons (Fsp3) is 0. The SMILES string of the molecule is [C-]#[N+]c1ccc(-c2c(-n3c4ccccc4c4ccccc43)ccc3c2c2ccccc2n3-c2ccccc2)c(C#N)c1. The zero-order chi connectivity index (χ0) is 28.2. The number of hydrogen-bond donors (Lipinski definition) is 0. The summed E-state index contributed by atoms with van der Waals surface area (Å²) in [6.45, 7) is 7.57. The van der Waals surface area contributed by atoms with E-state index in [0.717, 1.165) is 55.3 Å². The minimum absolute atomic E-state index is 0.451. The number of rotatable bonds is 3. The van der Waals surface area contributed by atoms with Gasteiger partial charge in [0, 0.05) is 38.4 Å². The molecule has 0 aliphatic heterocycles. The van der Waals surface area contributed by atoms with Crippen LogP contribution in [0.3, 0.4) is 0 Å². The molecule has 0 N–H and O–H groups in total. The van der Waals surface area contributed by atoms with Gasteiger partial charge in [-0.3, -0.25) is 0 Å². The zero-order valence-corrected chi connectivity index (χ0v) is 22.5. The van der Waals surface area contributed by atoms with Crippen molar-refractivity contribution in [3.8, 4) is 28.6 Å². The monoisotopic (exact) mass is 534 g/mol. The number of aromatic nitrogens is 2. The number of hydrogen-bond acceptors (Lipinski definition) is 1. The Balaban J connectivity index is 1.62. The van der Waals surface area contributed by atoms with Crippen molar-refractivity contribution >= 4 is 49.3 Å². The van der Waals surface area contributed by atoms with Crippen LogP contribution in [0.25, 0.3) is 71.0 Å². The maximum Gasteiger partial charge on any atom is 0.188 e. The summed E-state index contributed by atoms with van der Waals surface area (Å²) in [6.07, 6.45) is 0. The smallest absolute Gasteiger partial charge is 0.188 e. The van der Waals surface area contributed by atoms with E-state index in [9.17, 15) is 5.26 Å². The predicted molar refractivity (Wildman–Crippen MR) is 172 cm³/mol. The highest BCUT2D eigenvalue weighted by Crippen LogP contribution is 2.45. The maximum absolute atomic E-state index is 10.4. The summed E-state index contributed by atoms with van der Waals surface area (Å²) in [5.74, 6) is 0. The lowest BCUT2D eigenvalue weighted by atomic mass is 9.93. The third kappa shape index (κ3) is 3.33. The van der Waals surface area contributed by atoms with Gasteiger partial charge in [0.2, 0.25) is 0 Å². The molecule has 0 atom stereocenters. The molecule has 0 bridgehead atoms. The van der Waals surface area contributed by atoms with Gasteiger partial charge in [0.25, 0.3) is 0 Å². The van der Waals surface area contributed by atoms with Crippen molar-refractivity contribution in [2.75, 3.05) is 0 Å². The quantitative estimate of drug-likeness (QED) is 0.208. The van der Waals surface area contributed by atoms with E-state index in [4.69, 9.17) is 6.57 Å². The molecule has 0 radical (unpaired) electrons. The van der Waals surface area contributed by atoms with Crippen LogP contribution in [0.5, 0.6) is 0 Å². The first-order chi connectivity index (χ1) is 20.8. The average Bonchev–Trinajstić information content (AvgIpc) is 3.57. The summed E-state index contributed by atoms with van der Waals surface area (Å²) >= 11 is 0. The molecule has 42 heavy (non-hydrogen) atoms. The van der Waals surface area contributed by atoms with Gasteiger partial charge in [0.15, 0.2) is 5.69 Å². The molecule has 0 aliphatic rings. The van der Waals surface area contributed by atoms with Gasteiger partial charge in [-0.05, 0) is 54.1 Å². The second-order valence-electron chi connectivity index (χ2n) is 10.4. The maximum atomic E-state index is 10.4. The molecule has 0 saturated carbocycles. The first-order valence-electron chi connectivity index (χ1n) is 13.8. The molecule has 0 spiro atoms. The van der Waals surface area contributed by atoms with Gasteiger partial charge in [-0.15, -0.1) is 0 Å². The van der Waals surface area contributed by atoms with Crippen molar-refractivity contribution in [3.63, 3.8) is 0 Å². The van der Waals surface area contributed by atoms with Crippen molar-refractivity contribution in [1.82, 2.24) is 9.13 Å². The number of para-hydroxylation sites is 4. The van der Waals surface area contributed by atoms with Crippen LogP contribution in [0.15, 0.2) is 133 Å². The van der Waals surface area contributed by atoms with Gasteiger partial charge in [-0.25, -0.2) is 4.85 Å². The van der Waals surface area contributed by atoms with Crippen molar-refractivity contribution in [2.24, 2.45) is 0 Å². The summed E-state index contributed by atoms with van der Waals surface area (Å²) in [6, 6.07) is 48.0. The number of nitrogens with zero attached hydrogens (tertiary/aromatic N) is 4. The molecule has 4 nitrogen and oxygen atoms in total.